The first-order valence-corrected chi connectivity index (χ1v) is 9.86. The summed E-state index contributed by atoms with van der Waals surface area (Å²) in [6, 6.07) is 10.2. The molecule has 0 bridgehead atoms. The minimum Gasteiger partial charge on any atom is -0.506 e. The highest BCUT2D eigenvalue weighted by Crippen LogP contribution is 2.36. The Kier molecular flexibility index (Phi) is 9.72. The zero-order chi connectivity index (χ0) is 21.8. The van der Waals surface area contributed by atoms with Crippen molar-refractivity contribution >= 4 is 29.0 Å². The van der Waals surface area contributed by atoms with E-state index in [4.69, 9.17) is 10.2 Å². The van der Waals surface area contributed by atoms with Gasteiger partial charge in [-0.15, -0.1) is 0 Å². The second-order valence-electron chi connectivity index (χ2n) is 6.71. The third-order valence-electron chi connectivity index (χ3n) is 4.47. The van der Waals surface area contributed by atoms with Gasteiger partial charge in [-0.25, -0.2) is 0 Å². The Labute approximate surface area is 176 Å². The van der Waals surface area contributed by atoms with E-state index in [0.29, 0.717) is 25.1 Å². The number of aliphatic hydroxyl groups is 2. The Morgan fingerprint density at radius 2 is 1.43 bits per heavy atom. The quantitative estimate of drug-likeness (QED) is 0.105. The van der Waals surface area contributed by atoms with E-state index < -0.39 is 0 Å². The van der Waals surface area contributed by atoms with Gasteiger partial charge >= 0.3 is 0 Å². The molecular weight excluding hydrogens is 388 g/mol. The molecule has 30 heavy (non-hydrogen) atoms. The predicted molar refractivity (Wildman–Crippen MR) is 118 cm³/mol. The number of nitrogens with one attached hydrogen (secondary N) is 3. The first kappa shape index (κ1) is 23.3. The first-order valence-electron chi connectivity index (χ1n) is 9.86. The van der Waals surface area contributed by atoms with Crippen LogP contribution >= 0.6 is 0 Å². The Morgan fingerprint density at radius 3 is 2.07 bits per heavy atom. The number of carbonyl (C=O) groups excluding carboxylic acids is 1. The van der Waals surface area contributed by atoms with Crippen LogP contribution in [0.15, 0.2) is 36.4 Å². The van der Waals surface area contributed by atoms with Crippen LogP contribution in [0.4, 0.5) is 22.7 Å². The molecule has 0 aliphatic heterocycles. The van der Waals surface area contributed by atoms with Crippen LogP contribution in [-0.4, -0.2) is 77.5 Å². The summed E-state index contributed by atoms with van der Waals surface area (Å²) in [5.41, 5.74) is 2.30. The number of aldehydes is 1. The van der Waals surface area contributed by atoms with Crippen molar-refractivity contribution in [3.8, 4) is 11.5 Å². The van der Waals surface area contributed by atoms with E-state index in [9.17, 15) is 15.0 Å². The molecule has 0 aliphatic rings. The molecule has 164 valence electrons. The second kappa shape index (κ2) is 12.5. The van der Waals surface area contributed by atoms with Gasteiger partial charge in [0.15, 0.2) is 0 Å². The summed E-state index contributed by atoms with van der Waals surface area (Å²) in [6.45, 7) is 2.84. The van der Waals surface area contributed by atoms with E-state index >= 15 is 0 Å². The third kappa shape index (κ3) is 7.43. The highest BCUT2D eigenvalue weighted by atomic mass is 16.3. The Bertz CT molecular complexity index is 780. The van der Waals surface area contributed by atoms with Gasteiger partial charge in [0.25, 0.3) is 0 Å². The molecule has 0 atom stereocenters. The van der Waals surface area contributed by atoms with Crippen LogP contribution < -0.4 is 16.0 Å². The third-order valence-corrected chi connectivity index (χ3v) is 4.47. The van der Waals surface area contributed by atoms with Gasteiger partial charge in [0.05, 0.1) is 31.1 Å². The highest BCUT2D eigenvalue weighted by molar-refractivity contribution is 5.75. The molecule has 0 heterocycles. The summed E-state index contributed by atoms with van der Waals surface area (Å²) in [5.74, 6) is -0.134. The van der Waals surface area contributed by atoms with E-state index in [2.05, 4.69) is 16.0 Å². The molecule has 0 aliphatic carbocycles. The number of rotatable bonds is 14. The summed E-state index contributed by atoms with van der Waals surface area (Å²) < 4.78 is 0. The van der Waals surface area contributed by atoms with E-state index in [0.717, 1.165) is 30.9 Å². The van der Waals surface area contributed by atoms with Crippen molar-refractivity contribution in [2.75, 3.05) is 61.9 Å². The van der Waals surface area contributed by atoms with Crippen molar-refractivity contribution in [2.24, 2.45) is 0 Å². The molecule has 2 aromatic carbocycles. The Balaban J connectivity index is 1.86. The normalized spacial score (nSPS) is 10.8. The van der Waals surface area contributed by atoms with Gasteiger partial charge in [-0.1, -0.05) is 0 Å². The van der Waals surface area contributed by atoms with Crippen LogP contribution in [0.2, 0.25) is 0 Å². The molecule has 0 aromatic heterocycles. The van der Waals surface area contributed by atoms with Gasteiger partial charge in [-0.05, 0) is 37.2 Å². The number of hydrogen-bond donors (Lipinski definition) is 7. The molecule has 9 nitrogen and oxygen atoms in total. The smallest absolute Gasteiger partial charge is 0.141 e. The standard InChI is InChI=1S/C21H30N4O5/c26-11-7-23-18-14-21(30)19(15-20(18)29)24-17-4-2-16(3-5-17)22-6-1-8-25(9-12-27)10-13-28/h2-5,11,14-15,22-24,27-30H,1,6-10,12-13H2. The van der Waals surface area contributed by atoms with Crippen LogP contribution in [0.5, 0.6) is 11.5 Å². The summed E-state index contributed by atoms with van der Waals surface area (Å²) in [6.07, 6.45) is 1.54. The van der Waals surface area contributed by atoms with Crippen molar-refractivity contribution in [3.05, 3.63) is 36.4 Å². The van der Waals surface area contributed by atoms with Gasteiger partial charge in [-0.2, -0.15) is 0 Å². The van der Waals surface area contributed by atoms with Crippen molar-refractivity contribution in [1.82, 2.24) is 4.90 Å². The van der Waals surface area contributed by atoms with Gasteiger partial charge in [0.2, 0.25) is 0 Å². The lowest BCUT2D eigenvalue weighted by Gasteiger charge is -2.20. The lowest BCUT2D eigenvalue weighted by Crippen LogP contribution is -2.31. The molecule has 9 heteroatoms. The van der Waals surface area contributed by atoms with Crippen LogP contribution in [0.3, 0.4) is 0 Å². The van der Waals surface area contributed by atoms with Gasteiger partial charge in [-0.3, -0.25) is 4.90 Å². The topological polar surface area (TPSA) is 137 Å². The maximum absolute atomic E-state index is 10.4. The second-order valence-corrected chi connectivity index (χ2v) is 6.71. The number of anilines is 4. The zero-order valence-electron chi connectivity index (χ0n) is 16.8. The number of aromatic hydroxyl groups is 2. The van der Waals surface area contributed by atoms with Crippen molar-refractivity contribution in [2.45, 2.75) is 6.42 Å². The SMILES string of the molecule is O=CCNc1cc(O)c(Nc2ccc(NCCCN(CCO)CCO)cc2)cc1O. The minimum absolute atomic E-state index is 0.0368. The molecule has 0 unspecified atom stereocenters. The average Bonchev–Trinajstić information content (AvgIpc) is 2.74. The Hall–Kier alpha value is -3.01. The monoisotopic (exact) mass is 418 g/mol. The summed E-state index contributed by atoms with van der Waals surface area (Å²) in [4.78, 5) is 12.4. The fourth-order valence-electron chi connectivity index (χ4n) is 2.95. The van der Waals surface area contributed by atoms with Crippen LogP contribution in [0.25, 0.3) is 0 Å². The van der Waals surface area contributed by atoms with Gasteiger partial charge < -0.3 is 41.2 Å². The molecule has 0 saturated carbocycles. The largest absolute Gasteiger partial charge is 0.506 e. The van der Waals surface area contributed by atoms with E-state index in [-0.39, 0.29) is 36.9 Å². The first-order chi connectivity index (χ1) is 14.6. The lowest BCUT2D eigenvalue weighted by molar-refractivity contribution is -0.106. The number of hydrogen-bond acceptors (Lipinski definition) is 9. The number of phenols is 2. The van der Waals surface area contributed by atoms with E-state index in [1.807, 2.05) is 29.2 Å². The minimum atomic E-state index is -0.0770. The lowest BCUT2D eigenvalue weighted by atomic mass is 10.2. The maximum Gasteiger partial charge on any atom is 0.141 e. The van der Waals surface area contributed by atoms with Crippen molar-refractivity contribution < 1.29 is 25.2 Å². The number of aliphatic hydroxyl groups excluding tert-OH is 2. The van der Waals surface area contributed by atoms with Crippen molar-refractivity contribution in [3.63, 3.8) is 0 Å². The van der Waals surface area contributed by atoms with Gasteiger partial charge in [0, 0.05) is 43.1 Å². The fraction of sp³-hybridized carbons (Fsp3) is 0.381. The molecule has 0 spiro atoms. The number of carbonyl (C=O) groups is 1. The number of benzene rings is 2. The van der Waals surface area contributed by atoms with E-state index in [1.165, 1.54) is 12.1 Å². The van der Waals surface area contributed by atoms with Crippen LogP contribution in [-0.2, 0) is 4.79 Å². The molecule has 0 radical (unpaired) electrons. The molecule has 7 N–H and O–H groups in total. The predicted octanol–water partition coefficient (Wildman–Crippen LogP) is 1.54. The summed E-state index contributed by atoms with van der Waals surface area (Å²) in [7, 11) is 0. The summed E-state index contributed by atoms with van der Waals surface area (Å²) in [5, 5.41) is 47.3. The van der Waals surface area contributed by atoms with Gasteiger partial charge in [0.1, 0.15) is 17.8 Å². The molecule has 0 amide bonds. The number of phenolic OH excluding ortho intramolecular Hbond substituents is 2. The highest BCUT2D eigenvalue weighted by Gasteiger charge is 2.09. The van der Waals surface area contributed by atoms with Crippen LogP contribution in [0.1, 0.15) is 6.42 Å². The fourth-order valence-corrected chi connectivity index (χ4v) is 2.95. The van der Waals surface area contributed by atoms with Crippen LogP contribution in [0, 0.1) is 0 Å². The molecular formula is C21H30N4O5. The average molecular weight is 418 g/mol. The maximum atomic E-state index is 10.4. The molecule has 2 rings (SSSR count). The molecule has 0 fully saturated rings. The zero-order valence-corrected chi connectivity index (χ0v) is 16.8. The number of nitrogens with zero attached hydrogens (tertiary/aromatic N) is 1. The van der Waals surface area contributed by atoms with E-state index in [1.54, 1.807) is 0 Å². The molecule has 0 saturated heterocycles. The summed E-state index contributed by atoms with van der Waals surface area (Å²) >= 11 is 0. The van der Waals surface area contributed by atoms with Crippen molar-refractivity contribution in [1.29, 1.82) is 0 Å². The Morgan fingerprint density at radius 1 is 0.833 bits per heavy atom. The molecule has 2 aromatic rings.